The predicted octanol–water partition coefficient (Wildman–Crippen LogP) is 3.83. The Bertz CT molecular complexity index is 1160. The lowest BCUT2D eigenvalue weighted by Crippen LogP contribution is -2.30. The van der Waals surface area contributed by atoms with Crippen molar-refractivity contribution in [2.45, 2.75) is 0 Å². The first-order chi connectivity index (χ1) is 12.8. The van der Waals surface area contributed by atoms with Gasteiger partial charge in [-0.2, -0.15) is 0 Å². The lowest BCUT2D eigenvalue weighted by molar-refractivity contribution is 0.0926. The van der Waals surface area contributed by atoms with E-state index in [1.807, 2.05) is 47.0 Å². The fraction of sp³-hybridized carbons (Fsp3) is 0. The number of imidazole rings is 1. The van der Waals surface area contributed by atoms with Crippen molar-refractivity contribution in [2.24, 2.45) is 0 Å². The van der Waals surface area contributed by atoms with E-state index < -0.39 is 0 Å². The first kappa shape index (κ1) is 14.6. The van der Waals surface area contributed by atoms with Crippen LogP contribution in [0.15, 0.2) is 79.1 Å². The van der Waals surface area contributed by atoms with Crippen molar-refractivity contribution in [3.8, 4) is 5.69 Å². The van der Waals surface area contributed by atoms with Crippen molar-refractivity contribution < 1.29 is 9.59 Å². The van der Waals surface area contributed by atoms with Crippen LogP contribution < -0.4 is 4.90 Å². The molecule has 0 N–H and O–H groups in total. The quantitative estimate of drug-likeness (QED) is 0.522. The Balaban J connectivity index is 1.71. The van der Waals surface area contributed by atoms with Crippen LogP contribution in [0.3, 0.4) is 0 Å². The van der Waals surface area contributed by atoms with E-state index in [-0.39, 0.29) is 11.8 Å². The van der Waals surface area contributed by atoms with Crippen LogP contribution in [-0.2, 0) is 0 Å². The number of imide groups is 1. The zero-order valence-corrected chi connectivity index (χ0v) is 13.7. The molecule has 1 aromatic heterocycles. The van der Waals surface area contributed by atoms with Crippen LogP contribution in [0.4, 0.5) is 5.69 Å². The molecule has 0 unspecified atom stereocenters. The number of anilines is 1. The monoisotopic (exact) mass is 339 g/mol. The molecule has 5 heteroatoms. The Labute approximate surface area is 149 Å². The highest BCUT2D eigenvalue weighted by Crippen LogP contribution is 2.33. The van der Waals surface area contributed by atoms with E-state index >= 15 is 0 Å². The zero-order valence-electron chi connectivity index (χ0n) is 13.7. The van der Waals surface area contributed by atoms with Crippen molar-refractivity contribution in [1.82, 2.24) is 9.55 Å². The molecular weight excluding hydrogens is 326 g/mol. The van der Waals surface area contributed by atoms with Gasteiger partial charge in [0.05, 0.1) is 33.5 Å². The number of benzene rings is 3. The summed E-state index contributed by atoms with van der Waals surface area (Å²) in [6.45, 7) is 0. The first-order valence-electron chi connectivity index (χ1n) is 8.25. The molecule has 0 atom stereocenters. The number of hydrogen-bond acceptors (Lipinski definition) is 3. The molecule has 2 amide bonds. The minimum absolute atomic E-state index is 0.303. The van der Waals surface area contributed by atoms with E-state index in [4.69, 9.17) is 0 Å². The summed E-state index contributed by atoms with van der Waals surface area (Å²) in [5, 5.41) is 0. The molecule has 26 heavy (non-hydrogen) atoms. The molecule has 5 rings (SSSR count). The van der Waals surface area contributed by atoms with E-state index in [0.717, 1.165) is 16.7 Å². The Hall–Kier alpha value is -3.73. The second-order valence-corrected chi connectivity index (χ2v) is 6.08. The van der Waals surface area contributed by atoms with Gasteiger partial charge in [-0.05, 0) is 36.4 Å². The van der Waals surface area contributed by atoms with Gasteiger partial charge in [0.15, 0.2) is 0 Å². The summed E-state index contributed by atoms with van der Waals surface area (Å²) < 4.78 is 1.90. The Morgan fingerprint density at radius 3 is 1.96 bits per heavy atom. The van der Waals surface area contributed by atoms with Crippen LogP contribution >= 0.6 is 0 Å². The van der Waals surface area contributed by atoms with Crippen molar-refractivity contribution in [3.63, 3.8) is 0 Å². The topological polar surface area (TPSA) is 55.2 Å². The summed E-state index contributed by atoms with van der Waals surface area (Å²) in [5.41, 5.74) is 3.91. The minimum Gasteiger partial charge on any atom is -0.297 e. The van der Waals surface area contributed by atoms with Crippen molar-refractivity contribution in [3.05, 3.63) is 90.3 Å². The van der Waals surface area contributed by atoms with E-state index in [0.29, 0.717) is 16.8 Å². The number of rotatable bonds is 2. The van der Waals surface area contributed by atoms with Crippen molar-refractivity contribution in [1.29, 1.82) is 0 Å². The maximum atomic E-state index is 12.9. The smallest absolute Gasteiger partial charge is 0.266 e. The minimum atomic E-state index is -0.303. The Morgan fingerprint density at radius 2 is 1.23 bits per heavy atom. The van der Waals surface area contributed by atoms with Gasteiger partial charge >= 0.3 is 0 Å². The third-order valence-corrected chi connectivity index (χ3v) is 4.63. The fourth-order valence-electron chi connectivity index (χ4n) is 3.42. The molecule has 0 fully saturated rings. The SMILES string of the molecule is O=C1c2ccccc2C(=O)N1c1ccccc1-n1cnc2ccccc21. The van der Waals surface area contributed by atoms with Gasteiger partial charge in [0, 0.05) is 0 Å². The molecule has 0 aliphatic carbocycles. The normalized spacial score (nSPS) is 13.5. The maximum Gasteiger partial charge on any atom is 0.266 e. The fourth-order valence-corrected chi connectivity index (χ4v) is 3.42. The highest BCUT2D eigenvalue weighted by molar-refractivity contribution is 6.35. The van der Waals surface area contributed by atoms with Gasteiger partial charge in [-0.3, -0.25) is 14.2 Å². The molecule has 0 saturated carbocycles. The highest BCUT2D eigenvalue weighted by Gasteiger charge is 2.37. The lowest BCUT2D eigenvalue weighted by atomic mass is 10.1. The number of aromatic nitrogens is 2. The van der Waals surface area contributed by atoms with Gasteiger partial charge in [0.2, 0.25) is 0 Å². The molecular formula is C21H13N3O2. The molecule has 0 bridgehead atoms. The number of fused-ring (bicyclic) bond motifs is 2. The summed E-state index contributed by atoms with van der Waals surface area (Å²) >= 11 is 0. The van der Waals surface area contributed by atoms with E-state index in [9.17, 15) is 9.59 Å². The van der Waals surface area contributed by atoms with E-state index in [2.05, 4.69) is 4.98 Å². The van der Waals surface area contributed by atoms with Gasteiger partial charge in [-0.15, -0.1) is 0 Å². The zero-order chi connectivity index (χ0) is 17.7. The van der Waals surface area contributed by atoms with Gasteiger partial charge in [0.1, 0.15) is 6.33 Å². The number of amides is 2. The second kappa shape index (κ2) is 5.39. The molecule has 1 aliphatic rings. The highest BCUT2D eigenvalue weighted by atomic mass is 16.2. The summed E-state index contributed by atoms with van der Waals surface area (Å²) in [4.78, 5) is 31.4. The maximum absolute atomic E-state index is 12.9. The van der Waals surface area contributed by atoms with Gasteiger partial charge in [-0.25, -0.2) is 9.88 Å². The number of nitrogens with zero attached hydrogens (tertiary/aromatic N) is 3. The number of carbonyl (C=O) groups is 2. The first-order valence-corrected chi connectivity index (χ1v) is 8.25. The Kier molecular flexibility index (Phi) is 3.03. The molecule has 124 valence electrons. The summed E-state index contributed by atoms with van der Waals surface area (Å²) in [6, 6.07) is 22.0. The largest absolute Gasteiger partial charge is 0.297 e. The standard InChI is InChI=1S/C21H13N3O2/c25-20-14-7-1-2-8-15(14)21(26)24(20)19-12-6-5-11-18(19)23-13-22-16-9-3-4-10-17(16)23/h1-13H. The summed E-state index contributed by atoms with van der Waals surface area (Å²) in [7, 11) is 0. The average Bonchev–Trinajstić information content (AvgIpc) is 3.22. The molecule has 1 aliphatic heterocycles. The van der Waals surface area contributed by atoms with Crippen LogP contribution in [0.5, 0.6) is 0 Å². The molecule has 4 aromatic rings. The van der Waals surface area contributed by atoms with Crippen LogP contribution in [0.1, 0.15) is 20.7 Å². The molecule has 5 nitrogen and oxygen atoms in total. The van der Waals surface area contributed by atoms with Crippen LogP contribution in [-0.4, -0.2) is 21.4 Å². The van der Waals surface area contributed by atoms with Crippen LogP contribution in [0, 0.1) is 0 Å². The van der Waals surface area contributed by atoms with E-state index in [1.54, 1.807) is 36.7 Å². The summed E-state index contributed by atoms with van der Waals surface area (Å²) in [5.74, 6) is -0.607. The molecule has 0 saturated heterocycles. The number of carbonyl (C=O) groups excluding carboxylic acids is 2. The molecule has 0 radical (unpaired) electrons. The van der Waals surface area contributed by atoms with Crippen molar-refractivity contribution >= 4 is 28.5 Å². The average molecular weight is 339 g/mol. The number of para-hydroxylation sites is 4. The van der Waals surface area contributed by atoms with Crippen LogP contribution in [0.25, 0.3) is 16.7 Å². The van der Waals surface area contributed by atoms with Crippen molar-refractivity contribution in [2.75, 3.05) is 4.90 Å². The lowest BCUT2D eigenvalue weighted by Gasteiger charge is -2.19. The van der Waals surface area contributed by atoms with Gasteiger partial charge < -0.3 is 0 Å². The van der Waals surface area contributed by atoms with Gasteiger partial charge in [-0.1, -0.05) is 36.4 Å². The third kappa shape index (κ3) is 1.94. The van der Waals surface area contributed by atoms with Gasteiger partial charge in [0.25, 0.3) is 11.8 Å². The number of hydrogen-bond donors (Lipinski definition) is 0. The Morgan fingerprint density at radius 1 is 0.654 bits per heavy atom. The molecule has 2 heterocycles. The second-order valence-electron chi connectivity index (χ2n) is 6.08. The summed E-state index contributed by atoms with van der Waals surface area (Å²) in [6.07, 6.45) is 1.71. The van der Waals surface area contributed by atoms with E-state index in [1.165, 1.54) is 4.90 Å². The molecule has 3 aromatic carbocycles. The van der Waals surface area contributed by atoms with Crippen LogP contribution in [0.2, 0.25) is 0 Å². The molecule has 0 spiro atoms. The predicted molar refractivity (Wildman–Crippen MR) is 98.7 cm³/mol. The third-order valence-electron chi connectivity index (χ3n) is 4.63.